The van der Waals surface area contributed by atoms with Crippen molar-refractivity contribution in [2.75, 3.05) is 0 Å². The second-order valence-electron chi connectivity index (χ2n) is 6.54. The average Bonchev–Trinajstić information content (AvgIpc) is 2.45. The van der Waals surface area contributed by atoms with Gasteiger partial charge in [0.15, 0.2) is 5.78 Å². The summed E-state index contributed by atoms with van der Waals surface area (Å²) in [6.45, 7) is 2.24. The fourth-order valence-corrected chi connectivity index (χ4v) is 3.07. The molecule has 1 heteroatoms. The lowest BCUT2D eigenvalue weighted by molar-refractivity contribution is 0.0979. The number of carbonyl (C=O) groups excluding carboxylic acids is 1. The molecule has 1 fully saturated rings. The summed E-state index contributed by atoms with van der Waals surface area (Å²) in [7, 11) is 0. The molecule has 0 spiro atoms. The quantitative estimate of drug-likeness (QED) is 0.365. The second kappa shape index (κ2) is 9.02. The molecule has 0 atom stereocenters. The standard InChI is InChI=1S/C20H30O/c1-2-3-4-5-6-7-8-12-20(21)19-15-13-18(14-16-19)17-10-9-11-17/h13-17H,2-12H2,1H3. The minimum atomic E-state index is 0.323. The molecule has 0 N–H and O–H groups in total. The summed E-state index contributed by atoms with van der Waals surface area (Å²) in [6.07, 6.45) is 13.6. The molecule has 21 heavy (non-hydrogen) atoms. The smallest absolute Gasteiger partial charge is 0.162 e. The minimum Gasteiger partial charge on any atom is -0.294 e. The normalized spacial score (nSPS) is 14.9. The van der Waals surface area contributed by atoms with Crippen molar-refractivity contribution in [3.8, 4) is 0 Å². The summed E-state index contributed by atoms with van der Waals surface area (Å²) >= 11 is 0. The molecule has 0 heterocycles. The average molecular weight is 286 g/mol. The molecule has 0 bridgehead atoms. The van der Waals surface area contributed by atoms with E-state index in [2.05, 4.69) is 19.1 Å². The van der Waals surface area contributed by atoms with E-state index < -0.39 is 0 Å². The van der Waals surface area contributed by atoms with Gasteiger partial charge in [-0.3, -0.25) is 4.79 Å². The van der Waals surface area contributed by atoms with Gasteiger partial charge < -0.3 is 0 Å². The molecule has 0 aliphatic heterocycles. The van der Waals surface area contributed by atoms with Gasteiger partial charge >= 0.3 is 0 Å². The van der Waals surface area contributed by atoms with Crippen LogP contribution < -0.4 is 0 Å². The predicted molar refractivity (Wildman–Crippen MR) is 90.0 cm³/mol. The molecule has 0 saturated heterocycles. The van der Waals surface area contributed by atoms with E-state index in [-0.39, 0.29) is 0 Å². The molecule has 1 aromatic rings. The van der Waals surface area contributed by atoms with Gasteiger partial charge in [-0.2, -0.15) is 0 Å². The molecule has 116 valence electrons. The number of rotatable bonds is 10. The second-order valence-corrected chi connectivity index (χ2v) is 6.54. The number of carbonyl (C=O) groups is 1. The third-order valence-electron chi connectivity index (χ3n) is 4.82. The van der Waals surface area contributed by atoms with E-state index in [1.54, 1.807) is 0 Å². The SMILES string of the molecule is CCCCCCCCCC(=O)c1ccc(C2CCC2)cc1. The summed E-state index contributed by atoms with van der Waals surface area (Å²) in [5.74, 6) is 1.08. The first kappa shape index (κ1) is 16.3. The maximum atomic E-state index is 12.1. The fourth-order valence-electron chi connectivity index (χ4n) is 3.07. The maximum Gasteiger partial charge on any atom is 0.162 e. The van der Waals surface area contributed by atoms with Crippen LogP contribution in [0, 0.1) is 0 Å². The lowest BCUT2D eigenvalue weighted by atomic mass is 9.80. The van der Waals surface area contributed by atoms with Crippen LogP contribution in [0.5, 0.6) is 0 Å². The number of Topliss-reactive ketones (excluding diaryl/α,β-unsaturated/α-hetero) is 1. The zero-order chi connectivity index (χ0) is 14.9. The highest BCUT2D eigenvalue weighted by Gasteiger charge is 2.19. The number of hydrogen-bond acceptors (Lipinski definition) is 1. The highest BCUT2D eigenvalue weighted by Crippen LogP contribution is 2.36. The van der Waals surface area contributed by atoms with Crippen molar-refractivity contribution < 1.29 is 4.79 Å². The summed E-state index contributed by atoms with van der Waals surface area (Å²) in [6, 6.07) is 8.41. The van der Waals surface area contributed by atoms with Gasteiger partial charge in [-0.15, -0.1) is 0 Å². The van der Waals surface area contributed by atoms with Crippen LogP contribution in [0.1, 0.15) is 99.4 Å². The van der Waals surface area contributed by atoms with Crippen LogP contribution in [-0.4, -0.2) is 5.78 Å². The first-order chi connectivity index (χ1) is 10.3. The topological polar surface area (TPSA) is 17.1 Å². The van der Waals surface area contributed by atoms with E-state index in [0.29, 0.717) is 5.78 Å². The molecule has 1 saturated carbocycles. The Morgan fingerprint density at radius 1 is 0.952 bits per heavy atom. The van der Waals surface area contributed by atoms with Crippen LogP contribution in [0.2, 0.25) is 0 Å². The van der Waals surface area contributed by atoms with Crippen LogP contribution in [-0.2, 0) is 0 Å². The van der Waals surface area contributed by atoms with Crippen LogP contribution >= 0.6 is 0 Å². The summed E-state index contributed by atoms with van der Waals surface area (Å²) in [5.41, 5.74) is 2.33. The molecule has 0 amide bonds. The van der Waals surface area contributed by atoms with E-state index >= 15 is 0 Å². The molecule has 1 aromatic carbocycles. The number of ketones is 1. The third-order valence-corrected chi connectivity index (χ3v) is 4.82. The van der Waals surface area contributed by atoms with Crippen molar-refractivity contribution in [2.45, 2.75) is 83.5 Å². The molecule has 1 aliphatic rings. The highest BCUT2D eigenvalue weighted by atomic mass is 16.1. The highest BCUT2D eigenvalue weighted by molar-refractivity contribution is 5.96. The Hall–Kier alpha value is -1.11. The van der Waals surface area contributed by atoms with Crippen molar-refractivity contribution >= 4 is 5.78 Å². The molecule has 0 unspecified atom stereocenters. The molecule has 0 radical (unpaired) electrons. The van der Waals surface area contributed by atoms with E-state index in [4.69, 9.17) is 0 Å². The summed E-state index contributed by atoms with van der Waals surface area (Å²) in [5, 5.41) is 0. The van der Waals surface area contributed by atoms with E-state index in [1.807, 2.05) is 12.1 Å². The van der Waals surface area contributed by atoms with Crippen LogP contribution in [0.25, 0.3) is 0 Å². The Morgan fingerprint density at radius 3 is 2.14 bits per heavy atom. The van der Waals surface area contributed by atoms with Crippen LogP contribution in [0.3, 0.4) is 0 Å². The molecular weight excluding hydrogens is 256 g/mol. The van der Waals surface area contributed by atoms with Crippen molar-refractivity contribution in [3.05, 3.63) is 35.4 Å². The summed E-state index contributed by atoms with van der Waals surface area (Å²) in [4.78, 5) is 12.1. The van der Waals surface area contributed by atoms with Crippen LogP contribution in [0.4, 0.5) is 0 Å². The van der Waals surface area contributed by atoms with Crippen molar-refractivity contribution in [2.24, 2.45) is 0 Å². The minimum absolute atomic E-state index is 0.323. The Morgan fingerprint density at radius 2 is 1.57 bits per heavy atom. The number of benzene rings is 1. The van der Waals surface area contributed by atoms with Gasteiger partial charge in [-0.25, -0.2) is 0 Å². The fraction of sp³-hybridized carbons (Fsp3) is 0.650. The number of unbranched alkanes of at least 4 members (excludes halogenated alkanes) is 6. The number of hydrogen-bond donors (Lipinski definition) is 0. The predicted octanol–water partition coefficient (Wildman–Crippen LogP) is 6.28. The van der Waals surface area contributed by atoms with Crippen molar-refractivity contribution in [3.63, 3.8) is 0 Å². The van der Waals surface area contributed by atoms with Gasteiger partial charge in [0.25, 0.3) is 0 Å². The molecular formula is C20H30O. The van der Waals surface area contributed by atoms with E-state index in [9.17, 15) is 4.79 Å². The van der Waals surface area contributed by atoms with Crippen molar-refractivity contribution in [1.82, 2.24) is 0 Å². The lowest BCUT2D eigenvalue weighted by Crippen LogP contribution is -2.09. The van der Waals surface area contributed by atoms with Gasteiger partial charge in [-0.1, -0.05) is 76.1 Å². The third kappa shape index (κ3) is 5.30. The Kier molecular flexibility index (Phi) is 6.99. The van der Waals surface area contributed by atoms with Gasteiger partial charge in [0.1, 0.15) is 0 Å². The van der Waals surface area contributed by atoms with Crippen LogP contribution in [0.15, 0.2) is 24.3 Å². The lowest BCUT2D eigenvalue weighted by Gasteiger charge is -2.25. The molecule has 1 aliphatic carbocycles. The van der Waals surface area contributed by atoms with Crippen molar-refractivity contribution in [1.29, 1.82) is 0 Å². The van der Waals surface area contributed by atoms with Gasteiger partial charge in [-0.05, 0) is 30.7 Å². The zero-order valence-corrected chi connectivity index (χ0v) is 13.6. The van der Waals surface area contributed by atoms with Gasteiger partial charge in [0, 0.05) is 12.0 Å². The largest absolute Gasteiger partial charge is 0.294 e. The van der Waals surface area contributed by atoms with Gasteiger partial charge in [0.05, 0.1) is 0 Å². The Bertz CT molecular complexity index is 414. The molecule has 0 aromatic heterocycles. The maximum absolute atomic E-state index is 12.1. The first-order valence-corrected chi connectivity index (χ1v) is 8.94. The Labute approximate surface area is 130 Å². The first-order valence-electron chi connectivity index (χ1n) is 8.94. The molecule has 1 nitrogen and oxygen atoms in total. The molecule has 2 rings (SSSR count). The zero-order valence-electron chi connectivity index (χ0n) is 13.6. The Balaban J connectivity index is 1.63. The van der Waals surface area contributed by atoms with Gasteiger partial charge in [0.2, 0.25) is 0 Å². The van der Waals surface area contributed by atoms with E-state index in [1.165, 1.54) is 63.4 Å². The summed E-state index contributed by atoms with van der Waals surface area (Å²) < 4.78 is 0. The monoisotopic (exact) mass is 286 g/mol. The van der Waals surface area contributed by atoms with E-state index in [0.717, 1.165) is 24.3 Å².